The van der Waals surface area contributed by atoms with Gasteiger partial charge in [0.15, 0.2) is 0 Å². The Hall–Kier alpha value is -0.990. The first-order chi connectivity index (χ1) is 11.8. The minimum atomic E-state index is -3.40. The van der Waals surface area contributed by atoms with Crippen molar-refractivity contribution in [2.24, 2.45) is 11.3 Å². The monoisotopic (exact) mass is 369 g/mol. The normalized spacial score (nSPS) is 24.6. The second-order valence-corrected chi connectivity index (χ2v) is 10.4. The lowest BCUT2D eigenvalue weighted by Crippen LogP contribution is -2.40. The van der Waals surface area contributed by atoms with E-state index >= 15 is 0 Å². The van der Waals surface area contributed by atoms with Gasteiger partial charge in [0.25, 0.3) is 10.2 Å². The van der Waals surface area contributed by atoms with Crippen LogP contribution >= 0.6 is 0 Å². The molecule has 1 saturated carbocycles. The molecule has 1 aliphatic carbocycles. The topological polar surface area (TPSA) is 71.3 Å². The molecule has 1 aromatic rings. The summed E-state index contributed by atoms with van der Waals surface area (Å²) in [5.41, 5.74) is 0.00307. The van der Waals surface area contributed by atoms with E-state index in [1.165, 1.54) is 23.6 Å². The van der Waals surface area contributed by atoms with Crippen LogP contribution in [0.4, 0.5) is 0 Å². The summed E-state index contributed by atoms with van der Waals surface area (Å²) >= 11 is 0. The first-order valence-electron chi connectivity index (χ1n) is 9.31. The highest BCUT2D eigenvalue weighted by Gasteiger charge is 2.52. The van der Waals surface area contributed by atoms with Crippen molar-refractivity contribution < 1.29 is 8.42 Å². The zero-order valence-corrected chi connectivity index (χ0v) is 16.7. The van der Waals surface area contributed by atoms with E-state index in [9.17, 15) is 8.42 Å². The largest absolute Gasteiger partial charge is 0.317 e. The Labute approximate surface area is 151 Å². The van der Waals surface area contributed by atoms with Crippen LogP contribution in [0, 0.1) is 11.3 Å². The minimum Gasteiger partial charge on any atom is -0.317 e. The van der Waals surface area contributed by atoms with Crippen molar-refractivity contribution in [3.05, 3.63) is 12.2 Å². The van der Waals surface area contributed by atoms with Crippen molar-refractivity contribution in [2.75, 3.05) is 27.2 Å². The first-order valence-corrected chi connectivity index (χ1v) is 10.7. The summed E-state index contributed by atoms with van der Waals surface area (Å²) in [6, 6.07) is 0. The van der Waals surface area contributed by atoms with Gasteiger partial charge in [-0.2, -0.15) is 17.0 Å². The molecule has 0 aromatic carbocycles. The Morgan fingerprint density at radius 2 is 1.96 bits per heavy atom. The molecule has 1 unspecified atom stereocenters. The van der Waals surface area contributed by atoms with E-state index in [4.69, 9.17) is 0 Å². The van der Waals surface area contributed by atoms with Crippen LogP contribution in [-0.4, -0.2) is 59.0 Å². The molecule has 0 N–H and O–H groups in total. The summed E-state index contributed by atoms with van der Waals surface area (Å²) in [7, 11) is -0.185. The van der Waals surface area contributed by atoms with Gasteiger partial charge in [0, 0.05) is 39.6 Å². The number of rotatable bonds is 5. The molecule has 0 amide bonds. The third-order valence-corrected chi connectivity index (χ3v) is 7.63. The van der Waals surface area contributed by atoms with Crippen LogP contribution in [-0.2, 0) is 16.8 Å². The molecule has 142 valence electrons. The lowest BCUT2D eigenvalue weighted by molar-refractivity contribution is 0.175. The highest BCUT2D eigenvalue weighted by molar-refractivity contribution is 7.86. The lowest BCUT2D eigenvalue weighted by atomic mass is 9.67. The van der Waals surface area contributed by atoms with Crippen molar-refractivity contribution in [2.45, 2.75) is 58.4 Å². The van der Waals surface area contributed by atoms with Crippen molar-refractivity contribution in [3.63, 3.8) is 0 Å². The second kappa shape index (κ2) is 6.96. The van der Waals surface area contributed by atoms with E-state index in [2.05, 4.69) is 28.6 Å². The Balaban J connectivity index is 1.97. The molecule has 1 atom stereocenters. The van der Waals surface area contributed by atoms with Gasteiger partial charge in [-0.05, 0) is 24.2 Å². The van der Waals surface area contributed by atoms with E-state index in [1.807, 2.05) is 0 Å². The highest BCUT2D eigenvalue weighted by atomic mass is 32.2. The average Bonchev–Trinajstić information content (AvgIpc) is 3.12. The quantitative estimate of drug-likeness (QED) is 0.797. The summed E-state index contributed by atoms with van der Waals surface area (Å²) in [5, 5.41) is 8.59. The summed E-state index contributed by atoms with van der Waals surface area (Å²) in [4.78, 5) is 0. The van der Waals surface area contributed by atoms with Gasteiger partial charge in [0.05, 0.1) is 0 Å². The molecule has 7 nitrogen and oxygen atoms in total. The standard InChI is InChI=1S/C17H31N5O2S/c1-14(2)10-21-13-18-19-16(21)15-11-22(25(23,24)20(3)4)12-17(15)8-6-5-7-9-17/h13-15H,5-12H2,1-4H3. The Bertz CT molecular complexity index is 692. The van der Waals surface area contributed by atoms with E-state index in [0.717, 1.165) is 25.2 Å². The van der Waals surface area contributed by atoms with Gasteiger partial charge >= 0.3 is 0 Å². The van der Waals surface area contributed by atoms with E-state index in [0.29, 0.717) is 19.0 Å². The maximum absolute atomic E-state index is 12.7. The van der Waals surface area contributed by atoms with Crippen molar-refractivity contribution in [1.29, 1.82) is 0 Å². The third kappa shape index (κ3) is 3.48. The van der Waals surface area contributed by atoms with Gasteiger partial charge in [0.2, 0.25) is 0 Å². The van der Waals surface area contributed by atoms with Crippen LogP contribution in [0.25, 0.3) is 0 Å². The Morgan fingerprint density at radius 1 is 1.28 bits per heavy atom. The number of hydrogen-bond donors (Lipinski definition) is 0. The van der Waals surface area contributed by atoms with Crippen molar-refractivity contribution in [1.82, 2.24) is 23.4 Å². The van der Waals surface area contributed by atoms with Gasteiger partial charge in [-0.3, -0.25) is 0 Å². The summed E-state index contributed by atoms with van der Waals surface area (Å²) in [6.45, 7) is 6.34. The van der Waals surface area contributed by atoms with Crippen LogP contribution in [0.2, 0.25) is 0 Å². The van der Waals surface area contributed by atoms with Crippen LogP contribution in [0.1, 0.15) is 57.7 Å². The van der Waals surface area contributed by atoms with Gasteiger partial charge in [-0.25, -0.2) is 0 Å². The fourth-order valence-electron chi connectivity index (χ4n) is 4.52. The van der Waals surface area contributed by atoms with Crippen LogP contribution in [0.5, 0.6) is 0 Å². The molecule has 0 radical (unpaired) electrons. The zero-order valence-electron chi connectivity index (χ0n) is 15.8. The predicted octanol–water partition coefficient (Wildman–Crippen LogP) is 2.09. The maximum Gasteiger partial charge on any atom is 0.281 e. The van der Waals surface area contributed by atoms with Gasteiger partial charge in [0.1, 0.15) is 12.2 Å². The molecule has 2 heterocycles. The highest BCUT2D eigenvalue weighted by Crippen LogP contribution is 2.52. The molecule has 1 saturated heterocycles. The van der Waals surface area contributed by atoms with Crippen molar-refractivity contribution >= 4 is 10.2 Å². The summed E-state index contributed by atoms with van der Waals surface area (Å²) < 4.78 is 30.6. The lowest BCUT2D eigenvalue weighted by Gasteiger charge is -2.38. The molecular formula is C17H31N5O2S. The molecule has 25 heavy (non-hydrogen) atoms. The fourth-order valence-corrected chi connectivity index (χ4v) is 5.74. The molecule has 0 bridgehead atoms. The molecule has 2 fully saturated rings. The zero-order chi connectivity index (χ0) is 18.2. The Morgan fingerprint density at radius 3 is 2.56 bits per heavy atom. The number of aromatic nitrogens is 3. The van der Waals surface area contributed by atoms with E-state index < -0.39 is 10.2 Å². The van der Waals surface area contributed by atoms with Crippen LogP contribution < -0.4 is 0 Å². The fraction of sp³-hybridized carbons (Fsp3) is 0.882. The first kappa shape index (κ1) is 18.8. The summed E-state index contributed by atoms with van der Waals surface area (Å²) in [6.07, 6.45) is 7.54. The molecule has 1 spiro atoms. The molecular weight excluding hydrogens is 338 g/mol. The second-order valence-electron chi connectivity index (χ2n) is 8.29. The third-order valence-electron chi connectivity index (χ3n) is 5.77. The van der Waals surface area contributed by atoms with Gasteiger partial charge in [-0.15, -0.1) is 10.2 Å². The molecule has 1 aromatic heterocycles. The van der Waals surface area contributed by atoms with Crippen LogP contribution in [0.3, 0.4) is 0 Å². The average molecular weight is 370 g/mol. The smallest absolute Gasteiger partial charge is 0.281 e. The van der Waals surface area contributed by atoms with Crippen LogP contribution in [0.15, 0.2) is 6.33 Å². The molecule has 8 heteroatoms. The number of nitrogens with zero attached hydrogens (tertiary/aromatic N) is 5. The molecule has 3 rings (SSSR count). The Kier molecular flexibility index (Phi) is 5.23. The maximum atomic E-state index is 12.7. The SMILES string of the molecule is CC(C)Cn1cnnc1C1CN(S(=O)(=O)N(C)C)CC12CCCCC2. The van der Waals surface area contributed by atoms with E-state index in [-0.39, 0.29) is 11.3 Å². The van der Waals surface area contributed by atoms with Gasteiger partial charge in [-0.1, -0.05) is 33.1 Å². The van der Waals surface area contributed by atoms with E-state index in [1.54, 1.807) is 24.7 Å². The number of hydrogen-bond acceptors (Lipinski definition) is 4. The predicted molar refractivity (Wildman–Crippen MR) is 97.3 cm³/mol. The molecule has 2 aliphatic rings. The summed E-state index contributed by atoms with van der Waals surface area (Å²) in [5.74, 6) is 1.59. The van der Waals surface area contributed by atoms with Gasteiger partial charge < -0.3 is 4.57 Å². The molecule has 1 aliphatic heterocycles. The van der Waals surface area contributed by atoms with Crippen molar-refractivity contribution in [3.8, 4) is 0 Å². The minimum absolute atomic E-state index is 0.00307.